The van der Waals surface area contributed by atoms with Crippen molar-refractivity contribution < 1.29 is 4.39 Å². The van der Waals surface area contributed by atoms with Crippen molar-refractivity contribution in [3.63, 3.8) is 0 Å². The Bertz CT molecular complexity index is 379. The highest BCUT2D eigenvalue weighted by Crippen LogP contribution is 2.16. The average molecular weight is 226 g/mol. The van der Waals surface area contributed by atoms with Gasteiger partial charge in [-0.3, -0.25) is 0 Å². The summed E-state index contributed by atoms with van der Waals surface area (Å²) in [6.07, 6.45) is 0.815. The average Bonchev–Trinajstić information content (AvgIpc) is 2.20. The quantitative estimate of drug-likeness (QED) is 0.614. The summed E-state index contributed by atoms with van der Waals surface area (Å²) in [5.41, 5.74) is 0.905. The van der Waals surface area contributed by atoms with Gasteiger partial charge in [0, 0.05) is 24.5 Å². The standard InChI is InChI=1S/C12H13ClFN/c1-2-3-4-7-15-9-10-5-6-11(14)8-12(10)13/h5-6,8,15H,4,7,9H2,1H3. The van der Waals surface area contributed by atoms with Crippen LogP contribution >= 0.6 is 11.6 Å². The maximum atomic E-state index is 12.7. The van der Waals surface area contributed by atoms with Gasteiger partial charge in [-0.05, 0) is 24.6 Å². The SMILES string of the molecule is CC#CCCNCc1ccc(F)cc1Cl. The number of benzene rings is 1. The van der Waals surface area contributed by atoms with Crippen LogP contribution in [0.15, 0.2) is 18.2 Å². The Labute approximate surface area is 94.6 Å². The number of nitrogens with one attached hydrogen (secondary N) is 1. The molecule has 15 heavy (non-hydrogen) atoms. The Kier molecular flexibility index (Phi) is 5.17. The molecular weight excluding hydrogens is 213 g/mol. The van der Waals surface area contributed by atoms with Crippen LogP contribution < -0.4 is 5.32 Å². The van der Waals surface area contributed by atoms with Crippen molar-refractivity contribution in [3.8, 4) is 11.8 Å². The molecule has 1 aromatic rings. The molecule has 0 aliphatic heterocycles. The van der Waals surface area contributed by atoms with E-state index >= 15 is 0 Å². The van der Waals surface area contributed by atoms with Crippen molar-refractivity contribution in [2.75, 3.05) is 6.54 Å². The molecular formula is C12H13ClFN. The summed E-state index contributed by atoms with van der Waals surface area (Å²) in [6.45, 7) is 3.27. The van der Waals surface area contributed by atoms with Crippen molar-refractivity contribution >= 4 is 11.6 Å². The van der Waals surface area contributed by atoms with Gasteiger partial charge in [0.1, 0.15) is 5.82 Å². The third kappa shape index (κ3) is 4.33. The van der Waals surface area contributed by atoms with Gasteiger partial charge in [0.05, 0.1) is 0 Å². The van der Waals surface area contributed by atoms with Crippen molar-refractivity contribution in [2.24, 2.45) is 0 Å². The van der Waals surface area contributed by atoms with Crippen molar-refractivity contribution in [1.82, 2.24) is 5.32 Å². The highest BCUT2D eigenvalue weighted by Gasteiger charge is 2.00. The van der Waals surface area contributed by atoms with Gasteiger partial charge in [0.25, 0.3) is 0 Å². The molecule has 0 bridgehead atoms. The summed E-state index contributed by atoms with van der Waals surface area (Å²) < 4.78 is 12.7. The van der Waals surface area contributed by atoms with Crippen LogP contribution in [0.3, 0.4) is 0 Å². The van der Waals surface area contributed by atoms with Crippen LogP contribution in [0.1, 0.15) is 18.9 Å². The smallest absolute Gasteiger partial charge is 0.124 e. The number of halogens is 2. The van der Waals surface area contributed by atoms with Crippen molar-refractivity contribution in [2.45, 2.75) is 19.9 Å². The lowest BCUT2D eigenvalue weighted by molar-refractivity contribution is 0.625. The lowest BCUT2D eigenvalue weighted by Gasteiger charge is -2.04. The molecule has 1 N–H and O–H groups in total. The van der Waals surface area contributed by atoms with Crippen LogP contribution in [0.5, 0.6) is 0 Å². The summed E-state index contributed by atoms with van der Waals surface area (Å²) in [7, 11) is 0. The molecule has 0 saturated carbocycles. The molecule has 1 aromatic carbocycles. The maximum Gasteiger partial charge on any atom is 0.124 e. The lowest BCUT2D eigenvalue weighted by atomic mass is 10.2. The molecule has 0 aromatic heterocycles. The molecule has 0 fully saturated rings. The monoisotopic (exact) mass is 225 g/mol. The maximum absolute atomic E-state index is 12.7. The first-order valence-electron chi connectivity index (χ1n) is 4.78. The van der Waals surface area contributed by atoms with Crippen LogP contribution in [-0.4, -0.2) is 6.54 Å². The Morgan fingerprint density at radius 3 is 2.93 bits per heavy atom. The second-order valence-corrected chi connectivity index (χ2v) is 3.50. The molecule has 0 unspecified atom stereocenters. The van der Waals surface area contributed by atoms with Crippen LogP contribution in [0.4, 0.5) is 4.39 Å². The predicted molar refractivity (Wildman–Crippen MR) is 61.2 cm³/mol. The van der Waals surface area contributed by atoms with Crippen molar-refractivity contribution in [3.05, 3.63) is 34.6 Å². The zero-order valence-electron chi connectivity index (χ0n) is 8.61. The number of hydrogen-bond donors (Lipinski definition) is 1. The van der Waals surface area contributed by atoms with E-state index in [1.54, 1.807) is 6.07 Å². The molecule has 0 heterocycles. The normalized spacial score (nSPS) is 9.53. The molecule has 0 saturated heterocycles. The number of rotatable bonds is 4. The van der Waals surface area contributed by atoms with E-state index in [9.17, 15) is 4.39 Å². The lowest BCUT2D eigenvalue weighted by Crippen LogP contribution is -2.14. The first-order valence-corrected chi connectivity index (χ1v) is 5.16. The van der Waals surface area contributed by atoms with Gasteiger partial charge in [0.15, 0.2) is 0 Å². The molecule has 0 radical (unpaired) electrons. The van der Waals surface area contributed by atoms with E-state index < -0.39 is 0 Å². The molecule has 0 atom stereocenters. The highest BCUT2D eigenvalue weighted by molar-refractivity contribution is 6.31. The Hall–Kier alpha value is -1.04. The van der Waals surface area contributed by atoms with Gasteiger partial charge in [-0.15, -0.1) is 11.8 Å². The molecule has 80 valence electrons. The van der Waals surface area contributed by atoms with E-state index in [0.29, 0.717) is 11.6 Å². The molecule has 3 heteroatoms. The molecule has 0 aliphatic rings. The zero-order valence-corrected chi connectivity index (χ0v) is 9.37. The van der Waals surface area contributed by atoms with Crippen LogP contribution in [-0.2, 0) is 6.54 Å². The minimum Gasteiger partial charge on any atom is -0.312 e. The summed E-state index contributed by atoms with van der Waals surface area (Å²) >= 11 is 5.86. The third-order valence-electron chi connectivity index (χ3n) is 1.93. The Morgan fingerprint density at radius 1 is 1.47 bits per heavy atom. The minimum absolute atomic E-state index is 0.305. The van der Waals surface area contributed by atoms with E-state index in [1.807, 2.05) is 6.92 Å². The van der Waals surface area contributed by atoms with Gasteiger partial charge >= 0.3 is 0 Å². The molecule has 0 aliphatic carbocycles. The summed E-state index contributed by atoms with van der Waals surface area (Å²) in [5, 5.41) is 3.65. The zero-order chi connectivity index (χ0) is 11.1. The van der Waals surface area contributed by atoms with E-state index in [1.165, 1.54) is 12.1 Å². The fourth-order valence-corrected chi connectivity index (χ4v) is 1.40. The van der Waals surface area contributed by atoms with Gasteiger partial charge in [0.2, 0.25) is 0 Å². The minimum atomic E-state index is -0.305. The van der Waals surface area contributed by atoms with Crippen molar-refractivity contribution in [1.29, 1.82) is 0 Å². The predicted octanol–water partition coefficient (Wildman–Crippen LogP) is 2.98. The van der Waals surface area contributed by atoms with Crippen LogP contribution in [0.2, 0.25) is 5.02 Å². The Balaban J connectivity index is 2.39. The molecule has 1 nitrogen and oxygen atoms in total. The van der Waals surface area contributed by atoms with E-state index in [0.717, 1.165) is 18.5 Å². The first-order chi connectivity index (χ1) is 7.24. The van der Waals surface area contributed by atoms with Gasteiger partial charge in [-0.2, -0.15) is 0 Å². The summed E-state index contributed by atoms with van der Waals surface area (Å²) in [4.78, 5) is 0. The fraction of sp³-hybridized carbons (Fsp3) is 0.333. The van der Waals surface area contributed by atoms with Crippen LogP contribution in [0, 0.1) is 17.7 Å². The van der Waals surface area contributed by atoms with E-state index in [4.69, 9.17) is 11.6 Å². The second kappa shape index (κ2) is 6.44. The summed E-state index contributed by atoms with van der Waals surface area (Å²) in [5.74, 6) is 5.47. The van der Waals surface area contributed by atoms with Gasteiger partial charge in [-0.1, -0.05) is 17.7 Å². The molecule has 1 rings (SSSR count). The van der Waals surface area contributed by atoms with Gasteiger partial charge in [-0.25, -0.2) is 4.39 Å². The second-order valence-electron chi connectivity index (χ2n) is 3.09. The highest BCUT2D eigenvalue weighted by atomic mass is 35.5. The number of hydrogen-bond acceptors (Lipinski definition) is 1. The molecule has 0 spiro atoms. The largest absolute Gasteiger partial charge is 0.312 e. The first kappa shape index (κ1) is 12.0. The fourth-order valence-electron chi connectivity index (χ4n) is 1.16. The van der Waals surface area contributed by atoms with Crippen LogP contribution in [0.25, 0.3) is 0 Å². The molecule has 0 amide bonds. The van der Waals surface area contributed by atoms with E-state index in [2.05, 4.69) is 17.2 Å². The van der Waals surface area contributed by atoms with Gasteiger partial charge < -0.3 is 5.32 Å². The topological polar surface area (TPSA) is 12.0 Å². The summed E-state index contributed by atoms with van der Waals surface area (Å²) in [6, 6.07) is 4.43. The Morgan fingerprint density at radius 2 is 2.27 bits per heavy atom. The van der Waals surface area contributed by atoms with E-state index in [-0.39, 0.29) is 5.82 Å². The third-order valence-corrected chi connectivity index (χ3v) is 2.29.